The fourth-order valence-corrected chi connectivity index (χ4v) is 0.644. The molecule has 0 amide bonds. The molecule has 0 saturated carbocycles. The molecule has 0 aliphatic heterocycles. The average Bonchev–Trinajstić information content (AvgIpc) is 2.51. The minimum absolute atomic E-state index is 2.22. The second-order valence-electron chi connectivity index (χ2n) is 4.49. The standard InChI is InChI=1S/C6F10O3.C4F6O3/c7-3(8,5(11,12)13)1(17)19-2(18)4(9,10)6(14,15)16;5-3(6,7)1(11)13-2(12)4(8,9)10. The van der Waals surface area contributed by atoms with Crippen molar-refractivity contribution >= 4 is 23.9 Å². The van der Waals surface area contributed by atoms with Gasteiger partial charge in [-0.05, 0) is 0 Å². The Balaban J connectivity index is 0. The first kappa shape index (κ1) is 31.3. The van der Waals surface area contributed by atoms with Crippen LogP contribution in [-0.4, -0.2) is 60.4 Å². The summed E-state index contributed by atoms with van der Waals surface area (Å²) in [6, 6.07) is 0. The van der Waals surface area contributed by atoms with Gasteiger partial charge in [-0.1, -0.05) is 0 Å². The summed E-state index contributed by atoms with van der Waals surface area (Å²) in [5, 5.41) is 0. The summed E-state index contributed by atoms with van der Waals surface area (Å²) in [7, 11) is 0. The Labute approximate surface area is 161 Å². The number of rotatable bonds is 2. The summed E-state index contributed by atoms with van der Waals surface area (Å²) in [5.41, 5.74) is 0. The molecule has 32 heavy (non-hydrogen) atoms. The number of hydrogen-bond acceptors (Lipinski definition) is 6. The molecule has 0 spiro atoms. The van der Waals surface area contributed by atoms with Crippen molar-refractivity contribution in [2.24, 2.45) is 0 Å². The van der Waals surface area contributed by atoms with Crippen molar-refractivity contribution in [1.29, 1.82) is 0 Å². The summed E-state index contributed by atoms with van der Waals surface area (Å²) in [4.78, 5) is 39.5. The van der Waals surface area contributed by atoms with Crippen molar-refractivity contribution in [3.8, 4) is 0 Å². The van der Waals surface area contributed by atoms with Crippen LogP contribution in [0.25, 0.3) is 0 Å². The van der Waals surface area contributed by atoms with E-state index in [0.29, 0.717) is 0 Å². The van der Waals surface area contributed by atoms with E-state index in [4.69, 9.17) is 0 Å². The molecule has 22 heteroatoms. The highest BCUT2D eigenvalue weighted by Gasteiger charge is 2.69. The third-order valence-electron chi connectivity index (χ3n) is 2.06. The van der Waals surface area contributed by atoms with Gasteiger partial charge in [-0.25, -0.2) is 19.2 Å². The van der Waals surface area contributed by atoms with Gasteiger partial charge in [0.1, 0.15) is 0 Å². The predicted molar refractivity (Wildman–Crippen MR) is 56.3 cm³/mol. The maximum atomic E-state index is 12.1. The van der Waals surface area contributed by atoms with E-state index in [-0.39, 0.29) is 0 Å². The lowest BCUT2D eigenvalue weighted by atomic mass is 10.3. The Kier molecular flexibility index (Phi) is 9.15. The maximum Gasteiger partial charge on any atom is 0.491 e. The van der Waals surface area contributed by atoms with Gasteiger partial charge in [0.2, 0.25) is 0 Å². The van der Waals surface area contributed by atoms with Crippen molar-refractivity contribution in [2.75, 3.05) is 0 Å². The highest BCUT2D eigenvalue weighted by molar-refractivity contribution is 5.93. The van der Waals surface area contributed by atoms with Crippen molar-refractivity contribution in [1.82, 2.24) is 0 Å². The van der Waals surface area contributed by atoms with Crippen LogP contribution in [0.15, 0.2) is 0 Å². The van der Waals surface area contributed by atoms with Gasteiger partial charge in [-0.15, -0.1) is 0 Å². The first-order valence-electron chi connectivity index (χ1n) is 6.16. The van der Waals surface area contributed by atoms with Gasteiger partial charge in [0.25, 0.3) is 0 Å². The van der Waals surface area contributed by atoms with E-state index in [2.05, 4.69) is 9.47 Å². The Bertz CT molecular complexity index is 664. The Hall–Kier alpha value is -2.84. The number of ether oxygens (including phenoxy) is 2. The minimum Gasteiger partial charge on any atom is -0.384 e. The molecule has 188 valence electrons. The normalized spacial score (nSPS) is 13.5. The van der Waals surface area contributed by atoms with Crippen LogP contribution in [0.4, 0.5) is 70.2 Å². The minimum atomic E-state index is -6.63. The van der Waals surface area contributed by atoms with E-state index >= 15 is 0 Å². The third-order valence-corrected chi connectivity index (χ3v) is 2.06. The van der Waals surface area contributed by atoms with Gasteiger partial charge in [-0.3, -0.25) is 0 Å². The van der Waals surface area contributed by atoms with Crippen LogP contribution in [-0.2, 0) is 28.7 Å². The van der Waals surface area contributed by atoms with E-state index in [1.54, 1.807) is 0 Å². The molecule has 0 aliphatic rings. The Morgan fingerprint density at radius 3 is 0.719 bits per heavy atom. The van der Waals surface area contributed by atoms with Crippen LogP contribution in [0.5, 0.6) is 0 Å². The molecule has 0 aromatic rings. The zero-order chi connectivity index (χ0) is 26.7. The molecule has 0 aromatic heterocycles. The van der Waals surface area contributed by atoms with Crippen molar-refractivity contribution < 1.29 is 98.9 Å². The molecule has 0 bridgehead atoms. The SMILES string of the molecule is O=C(OC(=O)C(F)(F)C(F)(F)F)C(F)(F)C(F)(F)F.O=C(OC(=O)C(F)(F)F)C(F)(F)F. The summed E-state index contributed by atoms with van der Waals surface area (Å²) in [5.74, 6) is -27.0. The zero-order valence-electron chi connectivity index (χ0n) is 13.5. The molecule has 0 rings (SSSR count). The van der Waals surface area contributed by atoms with Gasteiger partial charge >= 0.3 is 60.4 Å². The van der Waals surface area contributed by atoms with Crippen LogP contribution < -0.4 is 0 Å². The fraction of sp³-hybridized carbons (Fsp3) is 0.600. The van der Waals surface area contributed by atoms with Crippen molar-refractivity contribution in [2.45, 2.75) is 36.6 Å². The molecule has 0 radical (unpaired) electrons. The first-order chi connectivity index (χ1) is 13.6. The molecular formula is C10F16O6. The van der Waals surface area contributed by atoms with Crippen molar-refractivity contribution in [3.63, 3.8) is 0 Å². The average molecular weight is 520 g/mol. The number of esters is 4. The topological polar surface area (TPSA) is 86.7 Å². The molecule has 0 aliphatic carbocycles. The van der Waals surface area contributed by atoms with E-state index in [0.717, 1.165) is 0 Å². The van der Waals surface area contributed by atoms with Gasteiger partial charge in [0, 0.05) is 0 Å². The lowest BCUT2D eigenvalue weighted by molar-refractivity contribution is -0.292. The summed E-state index contributed by atoms with van der Waals surface area (Å²) >= 11 is 0. The predicted octanol–water partition coefficient (Wildman–Crippen LogP) is 3.63. The Morgan fingerprint density at radius 2 is 0.562 bits per heavy atom. The number of hydrogen-bond donors (Lipinski definition) is 0. The van der Waals surface area contributed by atoms with Crippen LogP contribution in [0.3, 0.4) is 0 Å². The number of halogens is 16. The monoisotopic (exact) mass is 520 g/mol. The van der Waals surface area contributed by atoms with Crippen LogP contribution >= 0.6 is 0 Å². The van der Waals surface area contributed by atoms with E-state index in [1.807, 2.05) is 0 Å². The molecule has 0 heterocycles. The number of alkyl halides is 16. The van der Waals surface area contributed by atoms with Gasteiger partial charge in [-0.2, -0.15) is 70.2 Å². The smallest absolute Gasteiger partial charge is 0.384 e. The quantitative estimate of drug-likeness (QED) is 0.314. The largest absolute Gasteiger partial charge is 0.491 e. The van der Waals surface area contributed by atoms with Gasteiger partial charge in [0.15, 0.2) is 0 Å². The lowest BCUT2D eigenvalue weighted by Gasteiger charge is -2.20. The number of carbonyl (C=O) groups excluding carboxylic acids is 4. The molecule has 0 saturated heterocycles. The second-order valence-corrected chi connectivity index (χ2v) is 4.49. The van der Waals surface area contributed by atoms with E-state index < -0.39 is 60.4 Å². The highest BCUT2D eigenvalue weighted by atomic mass is 19.4. The van der Waals surface area contributed by atoms with Crippen LogP contribution in [0.2, 0.25) is 0 Å². The second kappa shape index (κ2) is 9.34. The maximum absolute atomic E-state index is 12.1. The molecular weight excluding hydrogens is 520 g/mol. The molecule has 6 nitrogen and oxygen atoms in total. The molecule has 0 unspecified atom stereocenters. The van der Waals surface area contributed by atoms with E-state index in [9.17, 15) is 89.4 Å². The third kappa shape index (κ3) is 8.36. The Morgan fingerprint density at radius 1 is 0.375 bits per heavy atom. The lowest BCUT2D eigenvalue weighted by Crippen LogP contribution is -2.51. The molecule has 0 atom stereocenters. The molecule has 0 N–H and O–H groups in total. The number of carbonyl (C=O) groups is 4. The van der Waals surface area contributed by atoms with Crippen LogP contribution in [0, 0.1) is 0 Å². The van der Waals surface area contributed by atoms with E-state index in [1.165, 1.54) is 0 Å². The summed E-state index contributed by atoms with van der Waals surface area (Å²) in [6.07, 6.45) is -24.5. The summed E-state index contributed by atoms with van der Waals surface area (Å²) in [6.45, 7) is 0. The van der Waals surface area contributed by atoms with Gasteiger partial charge < -0.3 is 9.47 Å². The first-order valence-corrected chi connectivity index (χ1v) is 6.16. The molecule has 0 aromatic carbocycles. The van der Waals surface area contributed by atoms with Crippen molar-refractivity contribution in [3.05, 3.63) is 0 Å². The fourth-order valence-electron chi connectivity index (χ4n) is 0.644. The summed E-state index contributed by atoms with van der Waals surface area (Å²) < 4.78 is 189. The highest BCUT2D eigenvalue weighted by Crippen LogP contribution is 2.39. The zero-order valence-corrected chi connectivity index (χ0v) is 13.5. The molecule has 0 fully saturated rings. The van der Waals surface area contributed by atoms with Gasteiger partial charge in [0.05, 0.1) is 0 Å². The van der Waals surface area contributed by atoms with Crippen LogP contribution in [0.1, 0.15) is 0 Å².